The van der Waals surface area contributed by atoms with Crippen molar-refractivity contribution in [1.29, 1.82) is 0 Å². The van der Waals surface area contributed by atoms with Gasteiger partial charge in [-0.2, -0.15) is 8.78 Å². The van der Waals surface area contributed by atoms with Crippen LogP contribution in [0.1, 0.15) is 32.8 Å². The maximum absolute atomic E-state index is 13.2. The van der Waals surface area contributed by atoms with Crippen LogP contribution in [0.3, 0.4) is 0 Å². The molecule has 10 heteroatoms. The Balaban J connectivity index is 2.01. The quantitative estimate of drug-likeness (QED) is 0.609. The fraction of sp³-hybridized carbons (Fsp3) is 0.455. The van der Waals surface area contributed by atoms with Gasteiger partial charge in [0, 0.05) is 29.9 Å². The Morgan fingerprint density at radius 2 is 2.09 bits per heavy atom. The molecule has 0 fully saturated rings. The fourth-order valence-corrected chi connectivity index (χ4v) is 3.72. The molecular weight excluding hydrogens is 424 g/mol. The molecule has 2 heterocycles. The molecule has 0 saturated carbocycles. The van der Waals surface area contributed by atoms with E-state index < -0.39 is 18.2 Å². The van der Waals surface area contributed by atoms with Gasteiger partial charge in [-0.15, -0.1) is 0 Å². The Kier molecular flexibility index (Phi) is 6.73. The number of carboxylic acid groups (broad SMARTS) is 1. The molecule has 1 aromatic carbocycles. The van der Waals surface area contributed by atoms with E-state index in [0.717, 1.165) is 4.90 Å². The first-order valence-corrected chi connectivity index (χ1v) is 10.1. The number of fused-ring (bicyclic) bond motifs is 3. The summed E-state index contributed by atoms with van der Waals surface area (Å²) >= 11 is 0. The number of carbonyl (C=O) groups is 1. The molecular formula is C22H27F2N3O5. The standard InChI is InChI=1S/C22H27F2N3O5/c1-12(2)8-22(3,25)11-31-16-6-5-14-15-7-17(27(4)21(28)29)26-9-13(15)10-30-18(14)19(16)32-20(23)24/h5-7,9,12,20H,8,10-11,25H2,1-4H3,(H,28,29). The SMILES string of the molecule is CC(C)CC(C)(N)COc1ccc2c(c1OC(F)F)OCc1cnc(N(C)C(=O)O)cc1-2. The van der Waals surface area contributed by atoms with Crippen molar-refractivity contribution in [1.82, 2.24) is 4.98 Å². The summed E-state index contributed by atoms with van der Waals surface area (Å²) in [5.74, 6) is 0.472. The summed E-state index contributed by atoms with van der Waals surface area (Å²) in [6.07, 6.45) is 0.998. The van der Waals surface area contributed by atoms with Gasteiger partial charge in [0.25, 0.3) is 0 Å². The van der Waals surface area contributed by atoms with Gasteiger partial charge in [0.05, 0.1) is 0 Å². The number of nitrogens with zero attached hydrogens (tertiary/aromatic N) is 2. The van der Waals surface area contributed by atoms with Gasteiger partial charge >= 0.3 is 12.7 Å². The first-order valence-electron chi connectivity index (χ1n) is 10.1. The van der Waals surface area contributed by atoms with E-state index in [4.69, 9.17) is 19.9 Å². The Morgan fingerprint density at radius 1 is 1.38 bits per heavy atom. The number of ether oxygens (including phenoxy) is 3. The second kappa shape index (κ2) is 9.15. The highest BCUT2D eigenvalue weighted by molar-refractivity contribution is 5.87. The monoisotopic (exact) mass is 451 g/mol. The Bertz CT molecular complexity index is 998. The molecule has 1 aliphatic heterocycles. The van der Waals surface area contributed by atoms with E-state index >= 15 is 0 Å². The van der Waals surface area contributed by atoms with Gasteiger partial charge in [0.2, 0.25) is 5.75 Å². The summed E-state index contributed by atoms with van der Waals surface area (Å²) in [5, 5.41) is 9.22. The molecule has 0 aliphatic carbocycles. The Hall–Kier alpha value is -3.14. The van der Waals surface area contributed by atoms with Crippen molar-refractivity contribution in [2.24, 2.45) is 11.7 Å². The van der Waals surface area contributed by atoms with E-state index in [0.29, 0.717) is 29.0 Å². The largest absolute Gasteiger partial charge is 0.488 e. The number of hydrogen-bond donors (Lipinski definition) is 2. The van der Waals surface area contributed by atoms with E-state index in [2.05, 4.69) is 4.98 Å². The molecule has 1 unspecified atom stereocenters. The van der Waals surface area contributed by atoms with E-state index in [1.54, 1.807) is 12.1 Å². The lowest BCUT2D eigenvalue weighted by atomic mass is 9.93. The summed E-state index contributed by atoms with van der Waals surface area (Å²) in [7, 11) is 1.36. The highest BCUT2D eigenvalue weighted by Crippen LogP contribution is 2.49. The number of amides is 1. The van der Waals surface area contributed by atoms with Crippen LogP contribution in [-0.2, 0) is 6.61 Å². The molecule has 0 spiro atoms. The fourth-order valence-electron chi connectivity index (χ4n) is 3.72. The number of hydrogen-bond acceptors (Lipinski definition) is 6. The van der Waals surface area contributed by atoms with Crippen LogP contribution in [0.5, 0.6) is 17.2 Å². The molecule has 3 rings (SSSR count). The van der Waals surface area contributed by atoms with Crippen molar-refractivity contribution in [2.45, 2.75) is 45.9 Å². The zero-order valence-corrected chi connectivity index (χ0v) is 18.4. The van der Waals surface area contributed by atoms with Gasteiger partial charge in [-0.3, -0.25) is 4.90 Å². The van der Waals surface area contributed by atoms with Crippen LogP contribution in [-0.4, -0.2) is 42.0 Å². The predicted molar refractivity (Wildman–Crippen MR) is 115 cm³/mol. The molecule has 1 amide bonds. The lowest BCUT2D eigenvalue weighted by Crippen LogP contribution is -2.43. The Morgan fingerprint density at radius 3 is 2.72 bits per heavy atom. The third kappa shape index (κ3) is 5.18. The van der Waals surface area contributed by atoms with E-state index in [-0.39, 0.29) is 36.3 Å². The number of halogens is 2. The number of benzene rings is 1. The maximum atomic E-state index is 13.2. The summed E-state index contributed by atoms with van der Waals surface area (Å²) in [5.41, 5.74) is 7.38. The topological polar surface area (TPSA) is 107 Å². The first-order chi connectivity index (χ1) is 15.0. The maximum Gasteiger partial charge on any atom is 0.412 e. The third-order valence-electron chi connectivity index (χ3n) is 4.98. The van der Waals surface area contributed by atoms with Crippen molar-refractivity contribution in [3.8, 4) is 28.4 Å². The summed E-state index contributed by atoms with van der Waals surface area (Å²) in [4.78, 5) is 16.4. The van der Waals surface area contributed by atoms with E-state index in [9.17, 15) is 18.7 Å². The smallest absolute Gasteiger partial charge is 0.412 e. The summed E-state index contributed by atoms with van der Waals surface area (Å²) in [6.45, 7) is 2.95. The lowest BCUT2D eigenvalue weighted by molar-refractivity contribution is -0.0534. The molecule has 0 radical (unpaired) electrons. The molecule has 1 aromatic heterocycles. The van der Waals surface area contributed by atoms with Crippen LogP contribution in [0.15, 0.2) is 24.4 Å². The van der Waals surface area contributed by atoms with Crippen LogP contribution in [0.2, 0.25) is 0 Å². The summed E-state index contributed by atoms with van der Waals surface area (Å²) in [6, 6.07) is 4.74. The third-order valence-corrected chi connectivity index (χ3v) is 4.98. The number of aromatic nitrogens is 1. The van der Waals surface area contributed by atoms with Gasteiger partial charge in [0.1, 0.15) is 19.0 Å². The van der Waals surface area contributed by atoms with Crippen molar-refractivity contribution in [3.05, 3.63) is 30.0 Å². The van der Waals surface area contributed by atoms with Crippen molar-refractivity contribution >= 4 is 11.9 Å². The number of rotatable bonds is 8. The first kappa shape index (κ1) is 23.5. The average Bonchev–Trinajstić information content (AvgIpc) is 2.70. The minimum Gasteiger partial charge on any atom is -0.488 e. The highest BCUT2D eigenvalue weighted by Gasteiger charge is 2.29. The van der Waals surface area contributed by atoms with Crippen LogP contribution < -0.4 is 24.8 Å². The predicted octanol–water partition coefficient (Wildman–Crippen LogP) is 4.50. The van der Waals surface area contributed by atoms with Crippen molar-refractivity contribution in [3.63, 3.8) is 0 Å². The van der Waals surface area contributed by atoms with Gasteiger partial charge in [-0.1, -0.05) is 13.8 Å². The van der Waals surface area contributed by atoms with E-state index in [1.807, 2.05) is 20.8 Å². The molecule has 174 valence electrons. The molecule has 1 aliphatic rings. The summed E-state index contributed by atoms with van der Waals surface area (Å²) < 4.78 is 42.8. The molecule has 3 N–H and O–H groups in total. The van der Waals surface area contributed by atoms with Crippen LogP contribution in [0, 0.1) is 5.92 Å². The van der Waals surface area contributed by atoms with Crippen LogP contribution in [0.25, 0.3) is 11.1 Å². The normalized spacial score (nSPS) is 14.3. The molecule has 0 saturated heterocycles. The highest BCUT2D eigenvalue weighted by atomic mass is 19.3. The zero-order chi connectivity index (χ0) is 23.6. The van der Waals surface area contributed by atoms with Crippen molar-refractivity contribution in [2.75, 3.05) is 18.6 Å². The lowest BCUT2D eigenvalue weighted by Gasteiger charge is -2.28. The van der Waals surface area contributed by atoms with E-state index in [1.165, 1.54) is 19.3 Å². The van der Waals surface area contributed by atoms with Gasteiger partial charge in [-0.25, -0.2) is 9.78 Å². The zero-order valence-electron chi connectivity index (χ0n) is 18.4. The molecule has 32 heavy (non-hydrogen) atoms. The van der Waals surface area contributed by atoms with Crippen LogP contribution in [0.4, 0.5) is 19.4 Å². The molecule has 1 atom stereocenters. The second-order valence-corrected chi connectivity index (χ2v) is 8.52. The molecule has 2 aromatic rings. The van der Waals surface area contributed by atoms with Crippen LogP contribution >= 0.6 is 0 Å². The number of nitrogens with two attached hydrogens (primary N) is 1. The number of pyridine rings is 1. The molecule has 0 bridgehead atoms. The minimum absolute atomic E-state index is 0.0530. The number of anilines is 1. The van der Waals surface area contributed by atoms with Gasteiger partial charge in [-0.05, 0) is 43.0 Å². The molecule has 8 nitrogen and oxygen atoms in total. The van der Waals surface area contributed by atoms with Crippen molar-refractivity contribution < 1.29 is 32.9 Å². The second-order valence-electron chi connectivity index (χ2n) is 8.52. The Labute approximate surface area is 184 Å². The minimum atomic E-state index is -3.10. The average molecular weight is 451 g/mol. The van der Waals surface area contributed by atoms with Gasteiger partial charge < -0.3 is 25.1 Å². The number of alkyl halides is 2. The van der Waals surface area contributed by atoms with Gasteiger partial charge in [0.15, 0.2) is 11.5 Å².